The molecule has 3 aliphatic rings. The number of allylic oxidation sites excluding steroid dienone is 1. The molecule has 1 unspecified atom stereocenters. The molecule has 0 radical (unpaired) electrons. The van der Waals surface area contributed by atoms with Gasteiger partial charge in [0.15, 0.2) is 22.4 Å². The number of hydrogen-bond donors (Lipinski definition) is 2. The van der Waals surface area contributed by atoms with Gasteiger partial charge in [-0.3, -0.25) is 14.4 Å². The summed E-state index contributed by atoms with van der Waals surface area (Å²) in [6.07, 6.45) is 12.4. The van der Waals surface area contributed by atoms with E-state index in [-0.39, 0.29) is 27.6 Å². The summed E-state index contributed by atoms with van der Waals surface area (Å²) in [6.45, 7) is 4.77. The first-order chi connectivity index (χ1) is 22.4. The number of amides is 1. The van der Waals surface area contributed by atoms with E-state index in [9.17, 15) is 14.4 Å². The molecule has 1 aliphatic carbocycles. The standard InChI is InChI=1S/C36H38FN5O4/c1-40-13-6-7-21(40)10-11-39-36(45)27-20-42-29-18-24-22-8-2-3-9-23(22)33(43)25(24)19-30(29)46-35-31(38-12-16-41-14-4-5-15-41)28(37)17-26(32(35)42)34(27)44/h3,9,17-21,38H,2,4-8,10-16H2,1H3,(H,39,45). The van der Waals surface area contributed by atoms with Gasteiger partial charge in [0, 0.05) is 42.8 Å². The molecule has 0 saturated carbocycles. The Kier molecular flexibility index (Phi) is 7.29. The second kappa shape index (κ2) is 11.5. The molecule has 2 fully saturated rings. The molecule has 2 aliphatic heterocycles. The lowest BCUT2D eigenvalue weighted by Crippen LogP contribution is -2.34. The summed E-state index contributed by atoms with van der Waals surface area (Å²) in [5.41, 5.74) is 2.74. The van der Waals surface area contributed by atoms with Gasteiger partial charge in [0.2, 0.25) is 5.43 Å². The number of aryl methyl sites for hydroxylation is 1. The fourth-order valence-corrected chi connectivity index (χ4v) is 7.87. The largest absolute Gasteiger partial charge is 0.451 e. The van der Waals surface area contributed by atoms with Crippen LogP contribution in [-0.2, 0) is 6.42 Å². The number of carbonyl (C=O) groups excluding carboxylic acids is 1. The monoisotopic (exact) mass is 623 g/mol. The van der Waals surface area contributed by atoms with E-state index in [1.807, 2.05) is 18.2 Å². The quantitative estimate of drug-likeness (QED) is 0.186. The average Bonchev–Trinajstić information content (AvgIpc) is 3.79. The second-order valence-corrected chi connectivity index (χ2v) is 13.1. The maximum atomic E-state index is 15.9. The molecule has 46 heavy (non-hydrogen) atoms. The Bertz CT molecular complexity index is 2160. The molecule has 0 spiro atoms. The molecular weight excluding hydrogens is 585 g/mol. The van der Waals surface area contributed by atoms with Crippen molar-refractivity contribution in [3.05, 3.63) is 73.4 Å². The van der Waals surface area contributed by atoms with Gasteiger partial charge in [-0.05, 0) is 101 Å². The number of hydrogen-bond acceptors (Lipinski definition) is 7. The van der Waals surface area contributed by atoms with E-state index < -0.39 is 17.2 Å². The number of nitrogens with zero attached hydrogens (tertiary/aromatic N) is 3. The van der Waals surface area contributed by atoms with E-state index in [2.05, 4.69) is 27.5 Å². The van der Waals surface area contributed by atoms with Gasteiger partial charge in [-0.25, -0.2) is 4.39 Å². The fraction of sp³-hybridized carbons (Fsp3) is 0.417. The highest BCUT2D eigenvalue weighted by atomic mass is 19.1. The predicted molar refractivity (Wildman–Crippen MR) is 180 cm³/mol. The normalized spacial score (nSPS) is 18.9. The average molecular weight is 624 g/mol. The fourth-order valence-electron chi connectivity index (χ4n) is 7.87. The first-order valence-electron chi connectivity index (χ1n) is 16.6. The second-order valence-electron chi connectivity index (χ2n) is 13.1. The molecule has 9 nitrogen and oxygen atoms in total. The van der Waals surface area contributed by atoms with Crippen LogP contribution in [0, 0.1) is 5.82 Å². The van der Waals surface area contributed by atoms with Gasteiger partial charge in [-0.1, -0.05) is 12.2 Å². The van der Waals surface area contributed by atoms with Crippen molar-refractivity contribution in [2.45, 2.75) is 51.0 Å². The van der Waals surface area contributed by atoms with Crippen molar-refractivity contribution in [1.82, 2.24) is 19.5 Å². The molecule has 5 aromatic rings. The van der Waals surface area contributed by atoms with Crippen LogP contribution in [0.2, 0.25) is 0 Å². The first-order valence-corrected chi connectivity index (χ1v) is 16.6. The molecule has 10 heteroatoms. The minimum Gasteiger partial charge on any atom is -0.451 e. The van der Waals surface area contributed by atoms with Crippen molar-refractivity contribution < 1.29 is 13.6 Å². The molecule has 238 valence electrons. The minimum absolute atomic E-state index is 0.0561. The lowest BCUT2D eigenvalue weighted by molar-refractivity contribution is 0.0949. The van der Waals surface area contributed by atoms with Crippen LogP contribution >= 0.6 is 0 Å². The topological polar surface area (TPSA) is 99.3 Å². The van der Waals surface area contributed by atoms with E-state index in [0.717, 1.165) is 82.1 Å². The summed E-state index contributed by atoms with van der Waals surface area (Å²) in [4.78, 5) is 45.4. The Hall–Kier alpha value is -4.28. The molecule has 1 amide bonds. The zero-order chi connectivity index (χ0) is 31.5. The van der Waals surface area contributed by atoms with Crippen molar-refractivity contribution in [1.29, 1.82) is 0 Å². The predicted octanol–water partition coefficient (Wildman–Crippen LogP) is 4.97. The third-order valence-corrected chi connectivity index (χ3v) is 10.4. The van der Waals surface area contributed by atoms with E-state index >= 15 is 4.39 Å². The molecule has 2 aromatic heterocycles. The van der Waals surface area contributed by atoms with Crippen LogP contribution in [0.5, 0.6) is 0 Å². The van der Waals surface area contributed by atoms with Gasteiger partial charge in [-0.15, -0.1) is 0 Å². The Morgan fingerprint density at radius 3 is 2.67 bits per heavy atom. The van der Waals surface area contributed by atoms with Crippen molar-refractivity contribution in [3.63, 3.8) is 0 Å². The highest BCUT2D eigenvalue weighted by Gasteiger charge is 2.26. The van der Waals surface area contributed by atoms with Gasteiger partial charge in [0.25, 0.3) is 5.91 Å². The number of aromatic nitrogens is 1. The van der Waals surface area contributed by atoms with Crippen LogP contribution < -0.4 is 21.5 Å². The zero-order valence-corrected chi connectivity index (χ0v) is 26.1. The number of benzene rings is 2. The molecule has 4 heterocycles. The van der Waals surface area contributed by atoms with Gasteiger partial charge in [-0.2, -0.15) is 0 Å². The highest BCUT2D eigenvalue weighted by Crippen LogP contribution is 2.36. The number of halogens is 1. The van der Waals surface area contributed by atoms with E-state index in [1.165, 1.54) is 6.07 Å². The third-order valence-electron chi connectivity index (χ3n) is 10.4. The van der Waals surface area contributed by atoms with E-state index in [1.54, 1.807) is 16.7 Å². The number of rotatable bonds is 8. The summed E-state index contributed by atoms with van der Waals surface area (Å²) < 4.78 is 24.1. The maximum Gasteiger partial charge on any atom is 0.256 e. The molecule has 0 bridgehead atoms. The molecule has 2 saturated heterocycles. The van der Waals surface area contributed by atoms with E-state index in [4.69, 9.17) is 4.42 Å². The van der Waals surface area contributed by atoms with Crippen molar-refractivity contribution in [3.8, 4) is 0 Å². The number of nitrogens with one attached hydrogen (secondary N) is 2. The van der Waals surface area contributed by atoms with Gasteiger partial charge in [0.05, 0.1) is 10.9 Å². The number of likely N-dealkylation sites (tertiary alicyclic amines) is 2. The molecule has 2 N–H and O–H groups in total. The van der Waals surface area contributed by atoms with Crippen LogP contribution in [0.3, 0.4) is 0 Å². The molecule has 8 rings (SSSR count). The van der Waals surface area contributed by atoms with Gasteiger partial charge in [0.1, 0.15) is 16.8 Å². The van der Waals surface area contributed by atoms with E-state index in [0.29, 0.717) is 46.7 Å². The summed E-state index contributed by atoms with van der Waals surface area (Å²) in [7, 11) is 2.09. The van der Waals surface area contributed by atoms with Gasteiger partial charge < -0.3 is 29.3 Å². The lowest BCUT2D eigenvalue weighted by Gasteiger charge is -2.20. The van der Waals surface area contributed by atoms with Crippen LogP contribution in [0.4, 0.5) is 10.1 Å². The number of fused-ring (bicyclic) bond motifs is 5. The lowest BCUT2D eigenvalue weighted by atomic mass is 10.00. The molecular formula is C36H38FN5O4. The van der Waals surface area contributed by atoms with Gasteiger partial charge >= 0.3 is 0 Å². The number of pyridine rings is 1. The molecule has 1 atom stereocenters. The highest BCUT2D eigenvalue weighted by molar-refractivity contribution is 6.08. The third kappa shape index (κ3) is 4.77. The number of anilines is 1. The summed E-state index contributed by atoms with van der Waals surface area (Å²) in [5, 5.41) is 7.63. The SMILES string of the molecule is CN1CCCC1CCNC(=O)c1cn2c3cc4c5c(c(=O)c4cc3oc3c(NCCN4CCCC4)c(F)cc(c1=O)c32)C=CCC5. The zero-order valence-electron chi connectivity index (χ0n) is 26.1. The summed E-state index contributed by atoms with van der Waals surface area (Å²) in [6, 6.07) is 5.26. The Morgan fingerprint density at radius 1 is 1.02 bits per heavy atom. The Labute approximate surface area is 265 Å². The van der Waals surface area contributed by atoms with Crippen molar-refractivity contribution >= 4 is 56.0 Å². The van der Waals surface area contributed by atoms with Crippen LogP contribution in [0.1, 0.15) is 60.0 Å². The number of carbonyl (C=O) groups is 1. The first kappa shape index (κ1) is 29.1. The van der Waals surface area contributed by atoms with Crippen molar-refractivity contribution in [2.24, 2.45) is 0 Å². The molecule has 3 aromatic carbocycles. The van der Waals surface area contributed by atoms with Crippen LogP contribution in [-0.4, -0.2) is 72.5 Å². The Balaban J connectivity index is 1.29. The van der Waals surface area contributed by atoms with Crippen LogP contribution in [0.15, 0.2) is 44.5 Å². The smallest absolute Gasteiger partial charge is 0.256 e. The summed E-state index contributed by atoms with van der Waals surface area (Å²) >= 11 is 0. The van der Waals surface area contributed by atoms with Crippen molar-refractivity contribution in [2.75, 3.05) is 51.6 Å². The minimum atomic E-state index is -0.627. The maximum absolute atomic E-state index is 15.9. The Morgan fingerprint density at radius 2 is 1.87 bits per heavy atom. The van der Waals surface area contributed by atoms with Crippen LogP contribution in [0.25, 0.3) is 44.4 Å². The summed E-state index contributed by atoms with van der Waals surface area (Å²) in [5.74, 6) is -1.12.